The summed E-state index contributed by atoms with van der Waals surface area (Å²) in [5, 5.41) is 24.5. The number of aryl methyl sites for hydroxylation is 1. The van der Waals surface area contributed by atoms with E-state index in [2.05, 4.69) is 25.4 Å². The van der Waals surface area contributed by atoms with Gasteiger partial charge in [-0.3, -0.25) is 9.89 Å². The zero-order valence-corrected chi connectivity index (χ0v) is 19.9. The summed E-state index contributed by atoms with van der Waals surface area (Å²) in [5.41, 5.74) is 2.12. The van der Waals surface area contributed by atoms with E-state index in [4.69, 9.17) is 9.97 Å². The number of carbonyl (C=O) groups is 1. The van der Waals surface area contributed by atoms with Gasteiger partial charge in [-0.15, -0.1) is 11.3 Å². The average molecular weight is 480 g/mol. The molecule has 0 bridgehead atoms. The highest BCUT2D eigenvalue weighted by atomic mass is 32.1. The number of H-pyrrole nitrogens is 1. The Hall–Kier alpha value is -2.85. The number of thiazole rings is 1. The van der Waals surface area contributed by atoms with Crippen LogP contribution in [-0.2, 0) is 29.7 Å². The van der Waals surface area contributed by atoms with E-state index in [-0.39, 0.29) is 11.8 Å². The molecule has 6 rings (SSSR count). The van der Waals surface area contributed by atoms with Crippen molar-refractivity contribution in [2.75, 3.05) is 16.8 Å². The standard InChI is InChI=1S/C24H29N7O2S/c32-18(13-21-25-10-12-34-21)17-7-4-11-31(17)23-26-16-6-3-5-15(16)22(28-23)27-20-14-19(29-30-20)24(33)8-1-2-9-24/h10,12,14,17,33H,1-9,11,13H2,(H2,26,27,28,29,30). The fraction of sp³-hybridized carbons (Fsp3) is 0.542. The van der Waals surface area contributed by atoms with Gasteiger partial charge in [-0.05, 0) is 44.9 Å². The monoisotopic (exact) mass is 479 g/mol. The molecule has 178 valence electrons. The Bertz CT molecular complexity index is 1190. The van der Waals surface area contributed by atoms with E-state index in [0.717, 1.165) is 92.1 Å². The third kappa shape index (κ3) is 3.98. The largest absolute Gasteiger partial charge is 0.384 e. The zero-order valence-electron chi connectivity index (χ0n) is 19.1. The van der Waals surface area contributed by atoms with E-state index >= 15 is 0 Å². The highest BCUT2D eigenvalue weighted by Gasteiger charge is 2.36. The molecule has 3 aliphatic rings. The zero-order chi connectivity index (χ0) is 23.1. The van der Waals surface area contributed by atoms with E-state index in [1.807, 2.05) is 11.4 Å². The topological polar surface area (TPSA) is 120 Å². The molecule has 3 N–H and O–H groups in total. The third-order valence-electron chi connectivity index (χ3n) is 7.37. The van der Waals surface area contributed by atoms with Gasteiger partial charge < -0.3 is 15.3 Å². The summed E-state index contributed by atoms with van der Waals surface area (Å²) in [6.45, 7) is 0.770. The molecule has 10 heteroatoms. The Balaban J connectivity index is 1.26. The summed E-state index contributed by atoms with van der Waals surface area (Å²) in [5.74, 6) is 2.19. The van der Waals surface area contributed by atoms with Gasteiger partial charge in [0.1, 0.15) is 11.4 Å². The molecule has 34 heavy (non-hydrogen) atoms. The molecule has 3 aromatic heterocycles. The van der Waals surface area contributed by atoms with Crippen molar-refractivity contribution in [3.8, 4) is 0 Å². The molecule has 3 aromatic rings. The molecule has 4 heterocycles. The Labute approximate surface area is 202 Å². The van der Waals surface area contributed by atoms with E-state index in [9.17, 15) is 9.90 Å². The van der Waals surface area contributed by atoms with E-state index in [1.54, 1.807) is 6.20 Å². The average Bonchev–Trinajstić information content (AvgIpc) is 3.64. The highest BCUT2D eigenvalue weighted by molar-refractivity contribution is 7.09. The van der Waals surface area contributed by atoms with Crippen molar-refractivity contribution < 1.29 is 9.90 Å². The lowest BCUT2D eigenvalue weighted by atomic mass is 9.98. The van der Waals surface area contributed by atoms with Gasteiger partial charge in [0.05, 0.1) is 28.9 Å². The van der Waals surface area contributed by atoms with Crippen LogP contribution in [0.2, 0.25) is 0 Å². The number of hydrogen-bond acceptors (Lipinski definition) is 9. The van der Waals surface area contributed by atoms with Crippen molar-refractivity contribution >= 4 is 34.7 Å². The molecule has 0 amide bonds. The normalized spacial score (nSPS) is 21.2. The summed E-state index contributed by atoms with van der Waals surface area (Å²) < 4.78 is 0. The van der Waals surface area contributed by atoms with Crippen molar-refractivity contribution in [1.29, 1.82) is 0 Å². The lowest BCUT2D eigenvalue weighted by Crippen LogP contribution is -2.38. The highest BCUT2D eigenvalue weighted by Crippen LogP contribution is 2.39. The number of fused-ring (bicyclic) bond motifs is 1. The first-order valence-corrected chi connectivity index (χ1v) is 13.1. The summed E-state index contributed by atoms with van der Waals surface area (Å²) in [6.07, 6.45) is 10.3. The van der Waals surface area contributed by atoms with Crippen LogP contribution in [0.25, 0.3) is 0 Å². The summed E-state index contributed by atoms with van der Waals surface area (Å²) in [7, 11) is 0. The molecule has 1 aliphatic heterocycles. The predicted molar refractivity (Wildman–Crippen MR) is 129 cm³/mol. The Kier molecular flexibility index (Phi) is 5.57. The Morgan fingerprint density at radius 2 is 2.12 bits per heavy atom. The molecular weight excluding hydrogens is 450 g/mol. The number of nitrogens with zero attached hydrogens (tertiary/aromatic N) is 5. The number of aliphatic hydroxyl groups is 1. The lowest BCUT2D eigenvalue weighted by Gasteiger charge is -2.24. The van der Waals surface area contributed by atoms with Crippen LogP contribution in [0.5, 0.6) is 0 Å². The second-order valence-corrected chi connectivity index (χ2v) is 10.6. The van der Waals surface area contributed by atoms with Gasteiger partial charge in [0.15, 0.2) is 11.6 Å². The first kappa shape index (κ1) is 21.7. The van der Waals surface area contributed by atoms with Crippen LogP contribution >= 0.6 is 11.3 Å². The van der Waals surface area contributed by atoms with Gasteiger partial charge in [0.2, 0.25) is 5.95 Å². The Morgan fingerprint density at radius 3 is 2.94 bits per heavy atom. The van der Waals surface area contributed by atoms with Gasteiger partial charge in [0.25, 0.3) is 0 Å². The van der Waals surface area contributed by atoms with Crippen molar-refractivity contribution in [2.24, 2.45) is 0 Å². The maximum Gasteiger partial charge on any atom is 0.228 e. The summed E-state index contributed by atoms with van der Waals surface area (Å²) in [6, 6.07) is 1.68. The maximum atomic E-state index is 13.1. The number of nitrogens with one attached hydrogen (secondary N) is 2. The quantitative estimate of drug-likeness (QED) is 0.471. The molecule has 1 saturated carbocycles. The van der Waals surface area contributed by atoms with Gasteiger partial charge in [-0.25, -0.2) is 9.97 Å². The molecule has 2 fully saturated rings. The first-order valence-electron chi connectivity index (χ1n) is 12.2. The van der Waals surface area contributed by atoms with Crippen molar-refractivity contribution in [3.05, 3.63) is 39.6 Å². The summed E-state index contributed by atoms with van der Waals surface area (Å²) in [4.78, 5) is 29.2. The molecule has 1 saturated heterocycles. The third-order valence-corrected chi connectivity index (χ3v) is 8.15. The second kappa shape index (κ2) is 8.74. The molecular formula is C24H29N7O2S. The maximum absolute atomic E-state index is 13.1. The Morgan fingerprint density at radius 1 is 1.24 bits per heavy atom. The molecule has 1 unspecified atom stereocenters. The van der Waals surface area contributed by atoms with E-state index in [1.165, 1.54) is 11.3 Å². The number of Topliss-reactive ketones (excluding diaryl/α,β-unsaturated/α-hetero) is 1. The number of aromatic amines is 1. The van der Waals surface area contributed by atoms with E-state index in [0.29, 0.717) is 18.2 Å². The first-order chi connectivity index (χ1) is 16.6. The second-order valence-electron chi connectivity index (χ2n) is 9.60. The SMILES string of the molecule is O=C(Cc1nccs1)C1CCCN1c1nc2c(c(Nc3cc(C4(O)CCCC4)[nH]n3)n1)CCC2. The fourth-order valence-electron chi connectivity index (χ4n) is 5.57. The predicted octanol–water partition coefficient (Wildman–Crippen LogP) is 3.43. The van der Waals surface area contributed by atoms with Crippen LogP contribution in [0.4, 0.5) is 17.6 Å². The molecule has 0 radical (unpaired) electrons. The van der Waals surface area contributed by atoms with Gasteiger partial charge >= 0.3 is 0 Å². The molecule has 9 nitrogen and oxygen atoms in total. The van der Waals surface area contributed by atoms with Crippen molar-refractivity contribution in [2.45, 2.75) is 75.9 Å². The smallest absolute Gasteiger partial charge is 0.228 e. The fourth-order valence-corrected chi connectivity index (χ4v) is 6.20. The number of hydrogen-bond donors (Lipinski definition) is 3. The number of aromatic nitrogens is 5. The van der Waals surface area contributed by atoms with Gasteiger partial charge in [-0.2, -0.15) is 10.1 Å². The number of anilines is 3. The van der Waals surface area contributed by atoms with Crippen LogP contribution in [-0.4, -0.2) is 48.6 Å². The summed E-state index contributed by atoms with van der Waals surface area (Å²) >= 11 is 1.52. The van der Waals surface area contributed by atoms with Crippen molar-refractivity contribution in [1.82, 2.24) is 25.1 Å². The van der Waals surface area contributed by atoms with Crippen LogP contribution < -0.4 is 10.2 Å². The minimum atomic E-state index is -0.813. The number of carbonyl (C=O) groups excluding carboxylic acids is 1. The molecule has 2 aliphatic carbocycles. The van der Waals surface area contributed by atoms with Gasteiger partial charge in [-0.1, -0.05) is 12.8 Å². The van der Waals surface area contributed by atoms with E-state index < -0.39 is 5.60 Å². The number of rotatable bonds is 7. The van der Waals surface area contributed by atoms with Crippen LogP contribution in [0.1, 0.15) is 66.9 Å². The van der Waals surface area contributed by atoms with Gasteiger partial charge in [0, 0.05) is 29.8 Å². The van der Waals surface area contributed by atoms with Crippen molar-refractivity contribution in [3.63, 3.8) is 0 Å². The van der Waals surface area contributed by atoms with Crippen LogP contribution in [0.15, 0.2) is 17.6 Å². The molecule has 1 atom stereocenters. The lowest BCUT2D eigenvalue weighted by molar-refractivity contribution is -0.119. The minimum Gasteiger partial charge on any atom is -0.384 e. The van der Waals surface area contributed by atoms with Crippen LogP contribution in [0.3, 0.4) is 0 Å². The molecule has 0 aromatic carbocycles. The minimum absolute atomic E-state index is 0.174. The number of ketones is 1. The van der Waals surface area contributed by atoms with Crippen LogP contribution in [0, 0.1) is 0 Å². The molecule has 0 spiro atoms.